The van der Waals surface area contributed by atoms with Crippen LogP contribution in [0.1, 0.15) is 13.0 Å². The molecule has 0 aliphatic heterocycles. The maximum atomic E-state index is 10.5. The SMILES string of the molecule is CC(C(=O)O)n1ccsc1=S. The summed E-state index contributed by atoms with van der Waals surface area (Å²) < 4.78 is 2.16. The largest absolute Gasteiger partial charge is 0.480 e. The van der Waals surface area contributed by atoms with Crippen molar-refractivity contribution in [1.29, 1.82) is 0 Å². The molecule has 60 valence electrons. The normalized spacial score (nSPS) is 12.8. The lowest BCUT2D eigenvalue weighted by Crippen LogP contribution is -2.14. The van der Waals surface area contributed by atoms with Crippen molar-refractivity contribution >= 4 is 29.5 Å². The average Bonchev–Trinajstić information content (AvgIpc) is 2.33. The summed E-state index contributed by atoms with van der Waals surface area (Å²) in [5.41, 5.74) is 0. The van der Waals surface area contributed by atoms with Gasteiger partial charge in [-0.25, -0.2) is 4.79 Å². The quantitative estimate of drug-likeness (QED) is 0.723. The highest BCUT2D eigenvalue weighted by molar-refractivity contribution is 7.73. The van der Waals surface area contributed by atoms with Crippen LogP contribution in [0.15, 0.2) is 11.6 Å². The van der Waals surface area contributed by atoms with E-state index in [1.54, 1.807) is 23.1 Å². The van der Waals surface area contributed by atoms with Crippen LogP contribution >= 0.6 is 23.6 Å². The summed E-state index contributed by atoms with van der Waals surface area (Å²) in [6, 6.07) is -0.561. The van der Waals surface area contributed by atoms with Crippen LogP contribution in [0.4, 0.5) is 0 Å². The Hall–Kier alpha value is -0.680. The van der Waals surface area contributed by atoms with Gasteiger partial charge in [0, 0.05) is 11.6 Å². The highest BCUT2D eigenvalue weighted by Gasteiger charge is 2.12. The Morgan fingerprint density at radius 2 is 2.55 bits per heavy atom. The Morgan fingerprint density at radius 1 is 1.91 bits per heavy atom. The van der Waals surface area contributed by atoms with E-state index in [4.69, 9.17) is 17.3 Å². The Balaban J connectivity index is 3.02. The molecule has 3 nitrogen and oxygen atoms in total. The van der Waals surface area contributed by atoms with Gasteiger partial charge >= 0.3 is 5.97 Å². The maximum Gasteiger partial charge on any atom is 0.326 e. The third-order valence-electron chi connectivity index (χ3n) is 1.38. The second-order valence-electron chi connectivity index (χ2n) is 2.09. The van der Waals surface area contributed by atoms with Crippen molar-refractivity contribution in [3.8, 4) is 0 Å². The minimum atomic E-state index is -0.862. The molecular formula is C6H7NO2S2. The first-order chi connectivity index (χ1) is 5.13. The van der Waals surface area contributed by atoms with Crippen molar-refractivity contribution in [2.75, 3.05) is 0 Å². The summed E-state index contributed by atoms with van der Waals surface area (Å²) >= 11 is 6.26. The van der Waals surface area contributed by atoms with Crippen molar-refractivity contribution < 1.29 is 9.90 Å². The first kappa shape index (κ1) is 8.42. The Morgan fingerprint density at radius 3 is 2.91 bits per heavy atom. The van der Waals surface area contributed by atoms with E-state index in [1.807, 2.05) is 0 Å². The number of aliphatic carboxylic acids is 1. The van der Waals surface area contributed by atoms with E-state index in [9.17, 15) is 4.79 Å². The predicted octanol–water partition coefficient (Wildman–Crippen LogP) is 1.92. The van der Waals surface area contributed by atoms with Crippen LogP contribution in [0, 0.1) is 3.95 Å². The van der Waals surface area contributed by atoms with Crippen molar-refractivity contribution in [3.05, 3.63) is 15.5 Å². The van der Waals surface area contributed by atoms with Gasteiger partial charge in [-0.1, -0.05) is 0 Å². The second-order valence-corrected chi connectivity index (χ2v) is 3.63. The third kappa shape index (κ3) is 1.66. The van der Waals surface area contributed by atoms with E-state index >= 15 is 0 Å². The minimum absolute atomic E-state index is 0.561. The van der Waals surface area contributed by atoms with Crippen LogP contribution in [-0.2, 0) is 4.79 Å². The molecule has 1 aromatic rings. The number of rotatable bonds is 2. The molecule has 0 bridgehead atoms. The molecule has 0 aromatic carbocycles. The van der Waals surface area contributed by atoms with E-state index in [-0.39, 0.29) is 0 Å². The Labute approximate surface area is 72.9 Å². The smallest absolute Gasteiger partial charge is 0.326 e. The van der Waals surface area contributed by atoms with Crippen molar-refractivity contribution in [3.63, 3.8) is 0 Å². The predicted molar refractivity (Wildman–Crippen MR) is 45.5 cm³/mol. The lowest BCUT2D eigenvalue weighted by atomic mass is 10.3. The summed E-state index contributed by atoms with van der Waals surface area (Å²) in [6.45, 7) is 1.60. The Bertz CT molecular complexity index is 314. The Kier molecular flexibility index (Phi) is 2.41. The van der Waals surface area contributed by atoms with Crippen molar-refractivity contribution in [2.24, 2.45) is 0 Å². The first-order valence-corrected chi connectivity index (χ1v) is 4.30. The van der Waals surface area contributed by atoms with Gasteiger partial charge in [0.2, 0.25) is 0 Å². The second kappa shape index (κ2) is 3.15. The van der Waals surface area contributed by atoms with Gasteiger partial charge in [0.1, 0.15) is 6.04 Å². The molecule has 0 amide bonds. The molecule has 0 saturated carbocycles. The monoisotopic (exact) mass is 189 g/mol. The summed E-state index contributed by atoms with van der Waals surface area (Å²) in [6.07, 6.45) is 1.69. The van der Waals surface area contributed by atoms with Crippen molar-refractivity contribution in [2.45, 2.75) is 13.0 Å². The number of hydrogen-bond donors (Lipinski definition) is 1. The highest BCUT2D eigenvalue weighted by Crippen LogP contribution is 2.11. The number of carboxylic acid groups (broad SMARTS) is 1. The molecular weight excluding hydrogens is 182 g/mol. The molecule has 1 atom stereocenters. The summed E-state index contributed by atoms with van der Waals surface area (Å²) in [5, 5.41) is 10.4. The number of aromatic nitrogens is 1. The number of carbonyl (C=O) groups is 1. The highest BCUT2D eigenvalue weighted by atomic mass is 32.1. The van der Waals surface area contributed by atoms with Crippen LogP contribution in [0.2, 0.25) is 0 Å². The van der Waals surface area contributed by atoms with E-state index in [1.165, 1.54) is 11.3 Å². The molecule has 0 aliphatic rings. The average molecular weight is 189 g/mol. The van der Waals surface area contributed by atoms with Gasteiger partial charge < -0.3 is 9.67 Å². The molecule has 0 spiro atoms. The molecule has 1 heterocycles. The molecule has 1 unspecified atom stereocenters. The van der Waals surface area contributed by atoms with Gasteiger partial charge in [-0.05, 0) is 19.1 Å². The first-order valence-electron chi connectivity index (χ1n) is 3.01. The number of nitrogens with zero attached hydrogens (tertiary/aromatic N) is 1. The number of thiazole rings is 1. The van der Waals surface area contributed by atoms with Crippen molar-refractivity contribution in [1.82, 2.24) is 4.57 Å². The standard InChI is InChI=1S/C6H7NO2S2/c1-4(5(8)9)7-2-3-11-6(7)10/h2-4H,1H3,(H,8,9). The maximum absolute atomic E-state index is 10.5. The third-order valence-corrected chi connectivity index (χ3v) is 2.55. The number of hydrogen-bond acceptors (Lipinski definition) is 3. The zero-order valence-electron chi connectivity index (χ0n) is 5.85. The minimum Gasteiger partial charge on any atom is -0.480 e. The molecule has 0 saturated heterocycles. The van der Waals surface area contributed by atoms with Gasteiger partial charge in [0.05, 0.1) is 0 Å². The van der Waals surface area contributed by atoms with E-state index in [2.05, 4.69) is 0 Å². The molecule has 0 radical (unpaired) electrons. The fraction of sp³-hybridized carbons (Fsp3) is 0.333. The molecule has 1 aromatic heterocycles. The lowest BCUT2D eigenvalue weighted by molar-refractivity contribution is -0.140. The summed E-state index contributed by atoms with van der Waals surface area (Å²) in [4.78, 5) is 10.5. The van der Waals surface area contributed by atoms with Crippen LogP contribution in [0.25, 0.3) is 0 Å². The van der Waals surface area contributed by atoms with Crippen LogP contribution in [-0.4, -0.2) is 15.6 Å². The molecule has 11 heavy (non-hydrogen) atoms. The molecule has 1 N–H and O–H groups in total. The van der Waals surface area contributed by atoms with Gasteiger partial charge in [-0.3, -0.25) is 0 Å². The van der Waals surface area contributed by atoms with Gasteiger partial charge in [0.15, 0.2) is 3.95 Å². The molecule has 5 heteroatoms. The zero-order chi connectivity index (χ0) is 8.43. The van der Waals surface area contributed by atoms with E-state index in [0.717, 1.165) is 0 Å². The molecule has 0 fully saturated rings. The van der Waals surface area contributed by atoms with Gasteiger partial charge in [-0.15, -0.1) is 11.3 Å². The molecule has 0 aliphatic carbocycles. The van der Waals surface area contributed by atoms with E-state index < -0.39 is 12.0 Å². The summed E-state index contributed by atoms with van der Waals surface area (Å²) in [7, 11) is 0. The van der Waals surface area contributed by atoms with E-state index in [0.29, 0.717) is 3.95 Å². The molecule has 1 rings (SSSR count). The summed E-state index contributed by atoms with van der Waals surface area (Å²) in [5.74, 6) is -0.862. The number of carboxylic acids is 1. The van der Waals surface area contributed by atoms with Gasteiger partial charge in [0.25, 0.3) is 0 Å². The topological polar surface area (TPSA) is 42.2 Å². The lowest BCUT2D eigenvalue weighted by Gasteiger charge is -2.05. The van der Waals surface area contributed by atoms with Crippen LogP contribution in [0.3, 0.4) is 0 Å². The fourth-order valence-corrected chi connectivity index (χ4v) is 1.72. The van der Waals surface area contributed by atoms with Crippen LogP contribution in [0.5, 0.6) is 0 Å². The fourth-order valence-electron chi connectivity index (χ4n) is 0.682. The zero-order valence-corrected chi connectivity index (χ0v) is 7.48. The van der Waals surface area contributed by atoms with Gasteiger partial charge in [-0.2, -0.15) is 0 Å². The van der Waals surface area contributed by atoms with Crippen LogP contribution < -0.4 is 0 Å².